The van der Waals surface area contributed by atoms with Crippen molar-refractivity contribution in [2.45, 2.75) is 13.0 Å². The molecule has 0 saturated carbocycles. The molecule has 0 radical (unpaired) electrons. The van der Waals surface area contributed by atoms with Crippen molar-refractivity contribution in [3.63, 3.8) is 0 Å². The molecule has 140 valence electrons. The van der Waals surface area contributed by atoms with Gasteiger partial charge in [-0.25, -0.2) is 0 Å². The number of benzene rings is 1. The van der Waals surface area contributed by atoms with E-state index in [1.54, 1.807) is 4.90 Å². The fourth-order valence-electron chi connectivity index (χ4n) is 3.15. The van der Waals surface area contributed by atoms with Gasteiger partial charge in [0.2, 0.25) is 5.91 Å². The van der Waals surface area contributed by atoms with Gasteiger partial charge in [0, 0.05) is 46.3 Å². The largest absolute Gasteiger partial charge is 0.339 e. The third-order valence-electron chi connectivity index (χ3n) is 4.64. The molecule has 1 fully saturated rings. The van der Waals surface area contributed by atoms with Crippen LogP contribution in [0.25, 0.3) is 0 Å². The number of likely N-dealkylation sites (N-methyl/N-ethyl adjacent to an activating group) is 1. The maximum Gasteiger partial charge on any atom is 0.282 e. The van der Waals surface area contributed by atoms with Crippen LogP contribution in [0.3, 0.4) is 0 Å². The first kappa shape index (κ1) is 20.1. The Kier molecular flexibility index (Phi) is 6.81. The number of amides is 1. The lowest BCUT2D eigenvalue weighted by molar-refractivity contribution is -0.131. The van der Waals surface area contributed by atoms with Gasteiger partial charge in [-0.3, -0.25) is 4.79 Å². The number of rotatable bonds is 4. The lowest BCUT2D eigenvalue weighted by atomic mass is 10.0. The molecule has 0 aromatic heterocycles. The number of fused-ring (bicyclic) bond motifs is 1. The summed E-state index contributed by atoms with van der Waals surface area (Å²) >= 11 is 0. The van der Waals surface area contributed by atoms with Crippen LogP contribution in [0.2, 0.25) is 0 Å². The van der Waals surface area contributed by atoms with E-state index in [0.717, 1.165) is 18.7 Å². The van der Waals surface area contributed by atoms with Crippen molar-refractivity contribution in [3.05, 3.63) is 35.4 Å². The lowest BCUT2D eigenvalue weighted by Crippen LogP contribution is -2.51. The van der Waals surface area contributed by atoms with Crippen LogP contribution in [-0.2, 0) is 28.0 Å². The van der Waals surface area contributed by atoms with Crippen LogP contribution in [0.1, 0.15) is 11.1 Å². The average Bonchev–Trinajstić information content (AvgIpc) is 2.61. The third-order valence-corrected chi connectivity index (χ3v) is 6.52. The summed E-state index contributed by atoms with van der Waals surface area (Å²) in [6.07, 6.45) is 0.703. The van der Waals surface area contributed by atoms with Gasteiger partial charge in [0.1, 0.15) is 0 Å². The number of halogens is 1. The second kappa shape index (κ2) is 8.46. The van der Waals surface area contributed by atoms with Crippen LogP contribution < -0.4 is 5.32 Å². The minimum absolute atomic E-state index is 0. The summed E-state index contributed by atoms with van der Waals surface area (Å²) in [7, 11) is -2.15. The fourth-order valence-corrected chi connectivity index (χ4v) is 4.44. The Morgan fingerprint density at radius 1 is 1.16 bits per heavy atom. The van der Waals surface area contributed by atoms with Crippen LogP contribution in [0.5, 0.6) is 0 Å². The molecule has 9 heteroatoms. The molecule has 2 heterocycles. The van der Waals surface area contributed by atoms with Crippen molar-refractivity contribution in [2.75, 3.05) is 46.3 Å². The predicted octanol–water partition coefficient (Wildman–Crippen LogP) is 0.0749. The van der Waals surface area contributed by atoms with E-state index in [1.165, 1.54) is 21.2 Å². The Bertz CT molecular complexity index is 707. The van der Waals surface area contributed by atoms with Crippen molar-refractivity contribution in [3.8, 4) is 0 Å². The van der Waals surface area contributed by atoms with E-state index in [-0.39, 0.29) is 24.9 Å². The first-order valence-electron chi connectivity index (χ1n) is 8.25. The highest BCUT2D eigenvalue weighted by Crippen LogP contribution is 2.22. The molecule has 1 N–H and O–H groups in total. The summed E-state index contributed by atoms with van der Waals surface area (Å²) < 4.78 is 28.2. The summed E-state index contributed by atoms with van der Waals surface area (Å²) in [5.74, 6) is -0.139. The highest BCUT2D eigenvalue weighted by molar-refractivity contribution is 7.86. The number of carbonyl (C=O) groups excluding carboxylic acids is 1. The molecular weight excluding hydrogens is 364 g/mol. The minimum atomic E-state index is -3.63. The van der Waals surface area contributed by atoms with Crippen LogP contribution in [-0.4, -0.2) is 74.2 Å². The molecule has 3 rings (SSSR count). The molecule has 2 aliphatic heterocycles. The maximum absolute atomic E-state index is 12.8. The van der Waals surface area contributed by atoms with E-state index < -0.39 is 10.2 Å². The highest BCUT2D eigenvalue weighted by Gasteiger charge is 2.32. The molecule has 1 amide bonds. The highest BCUT2D eigenvalue weighted by atomic mass is 35.5. The van der Waals surface area contributed by atoms with Gasteiger partial charge in [-0.05, 0) is 17.5 Å². The van der Waals surface area contributed by atoms with Crippen LogP contribution >= 0.6 is 12.4 Å². The topological polar surface area (TPSA) is 73.0 Å². The molecule has 1 saturated heterocycles. The Morgan fingerprint density at radius 3 is 2.48 bits per heavy atom. The van der Waals surface area contributed by atoms with Gasteiger partial charge < -0.3 is 10.2 Å². The molecule has 1 aromatic rings. The van der Waals surface area contributed by atoms with Gasteiger partial charge in [0.05, 0.1) is 6.54 Å². The second-order valence-electron chi connectivity index (χ2n) is 6.25. The van der Waals surface area contributed by atoms with Crippen LogP contribution in [0.4, 0.5) is 0 Å². The Morgan fingerprint density at radius 2 is 1.80 bits per heavy atom. The van der Waals surface area contributed by atoms with Crippen LogP contribution in [0, 0.1) is 0 Å². The smallest absolute Gasteiger partial charge is 0.282 e. The van der Waals surface area contributed by atoms with E-state index in [2.05, 4.69) is 5.32 Å². The van der Waals surface area contributed by atoms with E-state index in [0.29, 0.717) is 32.6 Å². The van der Waals surface area contributed by atoms with Crippen LogP contribution in [0.15, 0.2) is 24.3 Å². The molecule has 0 unspecified atom stereocenters. The van der Waals surface area contributed by atoms with Gasteiger partial charge in [0.25, 0.3) is 10.2 Å². The van der Waals surface area contributed by atoms with Gasteiger partial charge in [-0.1, -0.05) is 24.3 Å². The zero-order valence-corrected chi connectivity index (χ0v) is 16.0. The summed E-state index contributed by atoms with van der Waals surface area (Å²) in [6.45, 7) is 3.47. The molecule has 1 aromatic carbocycles. The third kappa shape index (κ3) is 4.51. The summed E-state index contributed by atoms with van der Waals surface area (Å²) in [5, 5.41) is 3.18. The van der Waals surface area contributed by atoms with Crippen molar-refractivity contribution in [2.24, 2.45) is 0 Å². The average molecular weight is 389 g/mol. The van der Waals surface area contributed by atoms with E-state index in [9.17, 15) is 13.2 Å². The molecular formula is C16H25ClN4O3S. The Hall–Kier alpha value is -1.19. The summed E-state index contributed by atoms with van der Waals surface area (Å²) in [4.78, 5) is 14.0. The van der Waals surface area contributed by atoms with Gasteiger partial charge in [0.15, 0.2) is 0 Å². The molecule has 0 spiro atoms. The quantitative estimate of drug-likeness (QED) is 0.792. The van der Waals surface area contributed by atoms with Crippen molar-refractivity contribution < 1.29 is 13.2 Å². The zero-order valence-electron chi connectivity index (χ0n) is 14.3. The number of nitrogens with one attached hydrogen (secondary N) is 1. The molecule has 0 aliphatic carbocycles. The first-order valence-corrected chi connectivity index (χ1v) is 9.65. The fraction of sp³-hybridized carbons (Fsp3) is 0.562. The van der Waals surface area contributed by atoms with E-state index >= 15 is 0 Å². The number of nitrogens with zero attached hydrogens (tertiary/aromatic N) is 3. The SMILES string of the molecule is CN(CC(=O)N1CCNCC1)S(=O)(=O)N1CCc2ccccc2C1.Cl. The molecule has 0 bridgehead atoms. The normalized spacial score (nSPS) is 18.6. The number of carbonyl (C=O) groups is 1. The zero-order chi connectivity index (χ0) is 17.2. The number of hydrogen-bond acceptors (Lipinski definition) is 4. The standard InChI is InChI=1S/C16H24N4O3S.ClH/c1-18(13-16(21)19-10-7-17-8-11-19)24(22,23)20-9-6-14-4-2-3-5-15(14)12-20;/h2-5,17H,6-13H2,1H3;1H. The Balaban J connectivity index is 0.00000225. The first-order chi connectivity index (χ1) is 11.5. The lowest BCUT2D eigenvalue weighted by Gasteiger charge is -2.33. The summed E-state index contributed by atoms with van der Waals surface area (Å²) in [5.41, 5.74) is 2.23. The monoisotopic (exact) mass is 388 g/mol. The number of hydrogen-bond donors (Lipinski definition) is 1. The van der Waals surface area contributed by atoms with E-state index in [4.69, 9.17) is 0 Å². The van der Waals surface area contributed by atoms with Crippen molar-refractivity contribution >= 4 is 28.5 Å². The van der Waals surface area contributed by atoms with Crippen molar-refractivity contribution in [1.29, 1.82) is 0 Å². The molecule has 2 aliphatic rings. The van der Waals surface area contributed by atoms with E-state index in [1.807, 2.05) is 24.3 Å². The summed E-state index contributed by atoms with van der Waals surface area (Å²) in [6, 6.07) is 7.90. The predicted molar refractivity (Wildman–Crippen MR) is 98.8 cm³/mol. The molecule has 7 nitrogen and oxygen atoms in total. The maximum atomic E-state index is 12.8. The van der Waals surface area contributed by atoms with Crippen molar-refractivity contribution in [1.82, 2.24) is 18.8 Å². The van der Waals surface area contributed by atoms with Gasteiger partial charge >= 0.3 is 0 Å². The molecule has 0 atom stereocenters. The second-order valence-corrected chi connectivity index (χ2v) is 8.28. The van der Waals surface area contributed by atoms with Gasteiger partial charge in [-0.2, -0.15) is 17.0 Å². The Labute approximate surface area is 155 Å². The van der Waals surface area contributed by atoms with Gasteiger partial charge in [-0.15, -0.1) is 12.4 Å². The minimum Gasteiger partial charge on any atom is -0.339 e. The molecule has 25 heavy (non-hydrogen) atoms. The number of piperazine rings is 1.